The summed E-state index contributed by atoms with van der Waals surface area (Å²) in [6.45, 7) is 20.0. The fourth-order valence-electron chi connectivity index (χ4n) is 6.02. The van der Waals surface area contributed by atoms with Crippen LogP contribution in [0, 0.1) is 47.3 Å². The average molecular weight is 379 g/mol. The molecule has 0 saturated heterocycles. The highest BCUT2D eigenvalue weighted by Crippen LogP contribution is 2.43. The monoisotopic (exact) mass is 378 g/mol. The summed E-state index contributed by atoms with van der Waals surface area (Å²) in [4.78, 5) is 0. The summed E-state index contributed by atoms with van der Waals surface area (Å²) in [7, 11) is 0. The van der Waals surface area contributed by atoms with Gasteiger partial charge in [-0.2, -0.15) is 0 Å². The lowest BCUT2D eigenvalue weighted by atomic mass is 9.64. The standard InChI is InChI=1S/C27H54/c1-9-11-12-13-14-23(7)24(8)27-18-21(5)15-16-25(10-2)17-22(6)19-26(27)20(3)4/h20-27H,9-19H2,1-8H3. The van der Waals surface area contributed by atoms with Crippen LogP contribution in [-0.2, 0) is 0 Å². The van der Waals surface area contributed by atoms with Crippen molar-refractivity contribution < 1.29 is 0 Å². The molecule has 0 heterocycles. The average Bonchev–Trinajstić information content (AvgIpc) is 2.63. The van der Waals surface area contributed by atoms with E-state index in [9.17, 15) is 0 Å². The Balaban J connectivity index is 2.86. The van der Waals surface area contributed by atoms with Gasteiger partial charge in [0.25, 0.3) is 0 Å². The largest absolute Gasteiger partial charge is 0.0654 e. The molecule has 7 atom stereocenters. The minimum Gasteiger partial charge on any atom is -0.0654 e. The Kier molecular flexibility index (Phi) is 12.3. The molecule has 0 bridgehead atoms. The fourth-order valence-corrected chi connectivity index (χ4v) is 6.02. The second-order valence-electron chi connectivity index (χ2n) is 11.0. The van der Waals surface area contributed by atoms with Crippen LogP contribution in [0.25, 0.3) is 0 Å². The molecule has 0 nitrogen and oxygen atoms in total. The Bertz CT molecular complexity index is 357. The highest BCUT2D eigenvalue weighted by molar-refractivity contribution is 4.84. The first-order chi connectivity index (χ1) is 12.8. The van der Waals surface area contributed by atoms with E-state index in [1.807, 2.05) is 0 Å². The Hall–Kier alpha value is 0. The minimum absolute atomic E-state index is 0.832. The predicted molar refractivity (Wildman–Crippen MR) is 124 cm³/mol. The second kappa shape index (κ2) is 13.3. The van der Waals surface area contributed by atoms with Gasteiger partial charge in [0.05, 0.1) is 0 Å². The van der Waals surface area contributed by atoms with Crippen molar-refractivity contribution in [2.24, 2.45) is 47.3 Å². The molecule has 0 aromatic heterocycles. The molecule has 0 radical (unpaired) electrons. The summed E-state index contributed by atoms with van der Waals surface area (Å²) < 4.78 is 0. The van der Waals surface area contributed by atoms with Gasteiger partial charge in [0.15, 0.2) is 0 Å². The lowest BCUT2D eigenvalue weighted by molar-refractivity contribution is 0.0845. The maximum absolute atomic E-state index is 2.61. The molecule has 7 unspecified atom stereocenters. The van der Waals surface area contributed by atoms with Crippen LogP contribution in [0.15, 0.2) is 0 Å². The molecule has 0 amide bonds. The molecule has 0 heteroatoms. The predicted octanol–water partition coefficient (Wildman–Crippen LogP) is 9.38. The Morgan fingerprint density at radius 3 is 2.00 bits per heavy atom. The van der Waals surface area contributed by atoms with Crippen LogP contribution in [0.5, 0.6) is 0 Å². The van der Waals surface area contributed by atoms with Gasteiger partial charge in [0, 0.05) is 0 Å². The first kappa shape index (κ1) is 25.0. The zero-order valence-electron chi connectivity index (χ0n) is 20.4. The molecular formula is C27H54. The molecule has 1 rings (SSSR count). The van der Waals surface area contributed by atoms with Crippen molar-refractivity contribution in [2.75, 3.05) is 0 Å². The van der Waals surface area contributed by atoms with E-state index in [0.29, 0.717) is 0 Å². The van der Waals surface area contributed by atoms with Crippen molar-refractivity contribution in [2.45, 2.75) is 126 Å². The summed E-state index contributed by atoms with van der Waals surface area (Å²) in [5.74, 6) is 7.25. The van der Waals surface area contributed by atoms with Crippen molar-refractivity contribution in [3.8, 4) is 0 Å². The normalized spacial score (nSPS) is 33.0. The smallest absolute Gasteiger partial charge is 0.0352 e. The third kappa shape index (κ3) is 8.91. The lowest BCUT2D eigenvalue weighted by Gasteiger charge is -2.41. The number of hydrogen-bond acceptors (Lipinski definition) is 0. The van der Waals surface area contributed by atoms with Crippen LogP contribution in [0.2, 0.25) is 0 Å². The van der Waals surface area contributed by atoms with E-state index in [-0.39, 0.29) is 0 Å². The van der Waals surface area contributed by atoms with Gasteiger partial charge in [-0.25, -0.2) is 0 Å². The van der Waals surface area contributed by atoms with Gasteiger partial charge in [-0.15, -0.1) is 0 Å². The quantitative estimate of drug-likeness (QED) is 0.350. The number of rotatable bonds is 9. The van der Waals surface area contributed by atoms with Gasteiger partial charge in [0.1, 0.15) is 0 Å². The highest BCUT2D eigenvalue weighted by atomic mass is 14.4. The van der Waals surface area contributed by atoms with E-state index >= 15 is 0 Å². The summed E-state index contributed by atoms with van der Waals surface area (Å²) >= 11 is 0. The summed E-state index contributed by atoms with van der Waals surface area (Å²) in [6.07, 6.45) is 15.9. The van der Waals surface area contributed by atoms with Crippen molar-refractivity contribution in [3.05, 3.63) is 0 Å². The van der Waals surface area contributed by atoms with Crippen LogP contribution in [-0.4, -0.2) is 0 Å². The van der Waals surface area contributed by atoms with E-state index in [1.165, 1.54) is 70.6 Å². The first-order valence-corrected chi connectivity index (χ1v) is 12.8. The molecular weight excluding hydrogens is 324 g/mol. The zero-order chi connectivity index (χ0) is 20.4. The SMILES string of the molecule is CCCCCCC(C)C(C)C1CC(C)CCC(CC)CC(C)CC1C(C)C. The van der Waals surface area contributed by atoms with E-state index in [2.05, 4.69) is 55.4 Å². The molecule has 0 N–H and O–H groups in total. The zero-order valence-corrected chi connectivity index (χ0v) is 20.4. The maximum atomic E-state index is 2.61. The first-order valence-electron chi connectivity index (χ1n) is 12.8. The van der Waals surface area contributed by atoms with Crippen LogP contribution < -0.4 is 0 Å². The molecule has 0 aromatic carbocycles. The third-order valence-electron chi connectivity index (χ3n) is 8.22. The molecule has 0 spiro atoms. The van der Waals surface area contributed by atoms with Crippen molar-refractivity contribution >= 4 is 0 Å². The van der Waals surface area contributed by atoms with Crippen molar-refractivity contribution in [1.82, 2.24) is 0 Å². The summed E-state index contributed by atoms with van der Waals surface area (Å²) in [5, 5.41) is 0. The van der Waals surface area contributed by atoms with Crippen LogP contribution in [0.3, 0.4) is 0 Å². The van der Waals surface area contributed by atoms with Crippen molar-refractivity contribution in [1.29, 1.82) is 0 Å². The van der Waals surface area contributed by atoms with Crippen molar-refractivity contribution in [3.63, 3.8) is 0 Å². The molecule has 27 heavy (non-hydrogen) atoms. The Morgan fingerprint density at radius 2 is 1.41 bits per heavy atom. The molecule has 0 aromatic rings. The van der Waals surface area contributed by atoms with Gasteiger partial charge in [-0.1, -0.05) is 107 Å². The van der Waals surface area contributed by atoms with Crippen LogP contribution >= 0.6 is 0 Å². The highest BCUT2D eigenvalue weighted by Gasteiger charge is 2.34. The third-order valence-corrected chi connectivity index (χ3v) is 8.22. The molecule has 162 valence electrons. The number of hydrogen-bond donors (Lipinski definition) is 0. The fraction of sp³-hybridized carbons (Fsp3) is 1.00. The van der Waals surface area contributed by atoms with E-state index in [1.54, 1.807) is 0 Å². The lowest BCUT2D eigenvalue weighted by Crippen LogP contribution is -2.33. The van der Waals surface area contributed by atoms with Gasteiger partial charge in [0.2, 0.25) is 0 Å². The minimum atomic E-state index is 0.832. The molecule has 1 aliphatic carbocycles. The molecule has 1 aliphatic rings. The Morgan fingerprint density at radius 1 is 0.741 bits per heavy atom. The number of unbranched alkanes of at least 4 members (excludes halogenated alkanes) is 3. The Labute approximate surface area is 173 Å². The van der Waals surface area contributed by atoms with Crippen LogP contribution in [0.4, 0.5) is 0 Å². The summed E-state index contributed by atoms with van der Waals surface area (Å²) in [5.41, 5.74) is 0. The van der Waals surface area contributed by atoms with Gasteiger partial charge < -0.3 is 0 Å². The second-order valence-corrected chi connectivity index (χ2v) is 11.0. The van der Waals surface area contributed by atoms with E-state index < -0.39 is 0 Å². The van der Waals surface area contributed by atoms with E-state index in [4.69, 9.17) is 0 Å². The topological polar surface area (TPSA) is 0 Å². The maximum Gasteiger partial charge on any atom is -0.0352 e. The van der Waals surface area contributed by atoms with Gasteiger partial charge >= 0.3 is 0 Å². The molecule has 1 saturated carbocycles. The van der Waals surface area contributed by atoms with Gasteiger partial charge in [-0.3, -0.25) is 0 Å². The van der Waals surface area contributed by atoms with Gasteiger partial charge in [-0.05, 0) is 66.6 Å². The molecule has 1 fully saturated rings. The summed E-state index contributed by atoms with van der Waals surface area (Å²) in [6, 6.07) is 0. The van der Waals surface area contributed by atoms with E-state index in [0.717, 1.165) is 47.3 Å². The molecule has 0 aliphatic heterocycles. The van der Waals surface area contributed by atoms with Crippen LogP contribution in [0.1, 0.15) is 126 Å².